The highest BCUT2D eigenvalue weighted by molar-refractivity contribution is 5.99. The summed E-state index contributed by atoms with van der Waals surface area (Å²) in [6.07, 6.45) is 0.892. The van der Waals surface area contributed by atoms with Gasteiger partial charge in [-0.05, 0) is 48.4 Å². The SMILES string of the molecule is CCc1ccc(C(=O)NNC(=O)c2ccc(F)cc2)cc1. The smallest absolute Gasteiger partial charge is 0.267 e. The van der Waals surface area contributed by atoms with Gasteiger partial charge >= 0.3 is 0 Å². The molecule has 0 aliphatic heterocycles. The van der Waals surface area contributed by atoms with Gasteiger partial charge < -0.3 is 0 Å². The third-order valence-corrected chi connectivity index (χ3v) is 3.02. The molecule has 0 aromatic heterocycles. The van der Waals surface area contributed by atoms with Gasteiger partial charge in [0.25, 0.3) is 11.8 Å². The van der Waals surface area contributed by atoms with Crippen molar-refractivity contribution >= 4 is 11.8 Å². The molecule has 5 heteroatoms. The maximum atomic E-state index is 12.7. The molecular formula is C16H15FN2O2. The zero-order valence-electron chi connectivity index (χ0n) is 11.5. The second-order valence-corrected chi connectivity index (χ2v) is 4.47. The van der Waals surface area contributed by atoms with Crippen LogP contribution in [0.25, 0.3) is 0 Å². The third-order valence-electron chi connectivity index (χ3n) is 3.02. The van der Waals surface area contributed by atoms with Gasteiger partial charge in [-0.1, -0.05) is 19.1 Å². The number of carbonyl (C=O) groups excluding carboxylic acids is 2. The van der Waals surface area contributed by atoms with Gasteiger partial charge in [-0.2, -0.15) is 0 Å². The predicted octanol–water partition coefficient (Wildman–Crippen LogP) is 2.46. The normalized spacial score (nSPS) is 10.0. The molecule has 0 fully saturated rings. The van der Waals surface area contributed by atoms with Crippen molar-refractivity contribution in [3.8, 4) is 0 Å². The Bertz CT molecular complexity index is 636. The Labute approximate surface area is 122 Å². The van der Waals surface area contributed by atoms with E-state index in [9.17, 15) is 14.0 Å². The molecule has 21 heavy (non-hydrogen) atoms. The summed E-state index contributed by atoms with van der Waals surface area (Å²) in [5.41, 5.74) is 6.44. The van der Waals surface area contributed by atoms with E-state index < -0.39 is 17.6 Å². The van der Waals surface area contributed by atoms with Gasteiger partial charge in [0.1, 0.15) is 5.82 Å². The average molecular weight is 286 g/mol. The van der Waals surface area contributed by atoms with Crippen LogP contribution in [-0.2, 0) is 6.42 Å². The molecule has 0 aliphatic rings. The van der Waals surface area contributed by atoms with Gasteiger partial charge in [-0.15, -0.1) is 0 Å². The Morgan fingerprint density at radius 3 is 1.71 bits per heavy atom. The van der Waals surface area contributed by atoms with E-state index in [0.29, 0.717) is 5.56 Å². The van der Waals surface area contributed by atoms with E-state index in [4.69, 9.17) is 0 Å². The van der Waals surface area contributed by atoms with E-state index >= 15 is 0 Å². The minimum atomic E-state index is -0.506. The van der Waals surface area contributed by atoms with Gasteiger partial charge in [0.15, 0.2) is 0 Å². The summed E-state index contributed by atoms with van der Waals surface area (Å²) in [5, 5.41) is 0. The first kappa shape index (κ1) is 14.7. The average Bonchev–Trinajstić information content (AvgIpc) is 2.53. The molecule has 0 saturated heterocycles. The Hall–Kier alpha value is -2.69. The largest absolute Gasteiger partial charge is 0.269 e. The fraction of sp³-hybridized carbons (Fsp3) is 0.125. The second-order valence-electron chi connectivity index (χ2n) is 4.47. The molecule has 4 nitrogen and oxygen atoms in total. The number of rotatable bonds is 3. The zero-order valence-corrected chi connectivity index (χ0v) is 11.5. The monoisotopic (exact) mass is 286 g/mol. The Morgan fingerprint density at radius 2 is 1.29 bits per heavy atom. The van der Waals surface area contributed by atoms with E-state index in [1.54, 1.807) is 12.1 Å². The molecule has 0 heterocycles. The van der Waals surface area contributed by atoms with E-state index in [1.807, 2.05) is 19.1 Å². The molecule has 0 unspecified atom stereocenters. The van der Waals surface area contributed by atoms with Crippen molar-refractivity contribution in [3.63, 3.8) is 0 Å². The van der Waals surface area contributed by atoms with Gasteiger partial charge in [-0.25, -0.2) is 4.39 Å². The minimum absolute atomic E-state index is 0.262. The molecule has 0 spiro atoms. The third kappa shape index (κ3) is 3.89. The summed E-state index contributed by atoms with van der Waals surface area (Å²) in [7, 11) is 0. The standard InChI is InChI=1S/C16H15FN2O2/c1-2-11-3-5-12(6-4-11)15(20)18-19-16(21)13-7-9-14(17)10-8-13/h3-10H,2H2,1H3,(H,18,20)(H,19,21). The van der Waals surface area contributed by atoms with Crippen LogP contribution < -0.4 is 10.9 Å². The summed E-state index contributed by atoms with van der Waals surface area (Å²) in [6, 6.07) is 12.1. The van der Waals surface area contributed by atoms with Crippen molar-refractivity contribution in [1.82, 2.24) is 10.9 Å². The van der Waals surface area contributed by atoms with Crippen molar-refractivity contribution in [2.45, 2.75) is 13.3 Å². The van der Waals surface area contributed by atoms with Crippen molar-refractivity contribution < 1.29 is 14.0 Å². The van der Waals surface area contributed by atoms with Gasteiger partial charge in [-0.3, -0.25) is 20.4 Å². The minimum Gasteiger partial charge on any atom is -0.267 e. The number of benzene rings is 2. The Kier molecular flexibility index (Phi) is 4.66. The van der Waals surface area contributed by atoms with Crippen LogP contribution in [-0.4, -0.2) is 11.8 Å². The molecule has 0 saturated carbocycles. The number of aryl methyl sites for hydroxylation is 1. The first-order chi connectivity index (χ1) is 10.1. The number of amides is 2. The molecular weight excluding hydrogens is 271 g/mol. The van der Waals surface area contributed by atoms with Crippen molar-refractivity contribution in [2.24, 2.45) is 0 Å². The maximum absolute atomic E-state index is 12.7. The van der Waals surface area contributed by atoms with Gasteiger partial charge in [0.2, 0.25) is 0 Å². The van der Waals surface area contributed by atoms with E-state index in [-0.39, 0.29) is 5.56 Å². The second kappa shape index (κ2) is 6.65. The molecule has 2 rings (SSSR count). The number of hydrogen-bond donors (Lipinski definition) is 2. The van der Waals surface area contributed by atoms with Crippen LogP contribution in [0.2, 0.25) is 0 Å². The number of halogens is 1. The Balaban J connectivity index is 1.93. The van der Waals surface area contributed by atoms with Crippen LogP contribution in [0.4, 0.5) is 4.39 Å². The first-order valence-electron chi connectivity index (χ1n) is 6.55. The van der Waals surface area contributed by atoms with Crippen LogP contribution in [0.1, 0.15) is 33.2 Å². The molecule has 0 aliphatic carbocycles. The van der Waals surface area contributed by atoms with Gasteiger partial charge in [0.05, 0.1) is 0 Å². The fourth-order valence-electron chi connectivity index (χ4n) is 1.75. The molecule has 2 amide bonds. The molecule has 0 radical (unpaired) electrons. The molecule has 2 aromatic carbocycles. The van der Waals surface area contributed by atoms with Crippen molar-refractivity contribution in [3.05, 3.63) is 71.0 Å². The quantitative estimate of drug-likeness (QED) is 0.852. The topological polar surface area (TPSA) is 58.2 Å². The molecule has 2 N–H and O–H groups in total. The highest BCUT2D eigenvalue weighted by Gasteiger charge is 2.09. The highest BCUT2D eigenvalue weighted by atomic mass is 19.1. The predicted molar refractivity (Wildman–Crippen MR) is 77.2 cm³/mol. The van der Waals surface area contributed by atoms with Crippen LogP contribution in [0.5, 0.6) is 0 Å². The summed E-state index contributed by atoms with van der Waals surface area (Å²) in [5.74, 6) is -1.34. The summed E-state index contributed by atoms with van der Waals surface area (Å²) in [6.45, 7) is 2.03. The van der Waals surface area contributed by atoms with Crippen molar-refractivity contribution in [2.75, 3.05) is 0 Å². The number of hydrogen-bond acceptors (Lipinski definition) is 2. The van der Waals surface area contributed by atoms with E-state index in [2.05, 4.69) is 10.9 Å². The lowest BCUT2D eigenvalue weighted by molar-refractivity contribution is 0.0846. The molecule has 0 bridgehead atoms. The number of carbonyl (C=O) groups is 2. The van der Waals surface area contributed by atoms with Crippen LogP contribution in [0.15, 0.2) is 48.5 Å². The lowest BCUT2D eigenvalue weighted by Gasteiger charge is -2.08. The molecule has 108 valence electrons. The van der Waals surface area contributed by atoms with E-state index in [1.165, 1.54) is 24.3 Å². The number of hydrazine groups is 1. The zero-order chi connectivity index (χ0) is 15.2. The lowest BCUT2D eigenvalue weighted by Crippen LogP contribution is -2.41. The van der Waals surface area contributed by atoms with Crippen LogP contribution in [0, 0.1) is 5.82 Å². The van der Waals surface area contributed by atoms with E-state index in [0.717, 1.165) is 12.0 Å². The molecule has 0 atom stereocenters. The summed E-state index contributed by atoms with van der Waals surface area (Å²) in [4.78, 5) is 23.6. The van der Waals surface area contributed by atoms with Crippen molar-refractivity contribution in [1.29, 1.82) is 0 Å². The molecule has 2 aromatic rings. The highest BCUT2D eigenvalue weighted by Crippen LogP contribution is 2.05. The lowest BCUT2D eigenvalue weighted by atomic mass is 10.1. The van der Waals surface area contributed by atoms with Crippen LogP contribution in [0.3, 0.4) is 0 Å². The Morgan fingerprint density at radius 1 is 0.857 bits per heavy atom. The summed E-state index contributed by atoms with van der Waals surface area (Å²) < 4.78 is 12.7. The number of nitrogens with one attached hydrogen (secondary N) is 2. The fourth-order valence-corrected chi connectivity index (χ4v) is 1.75. The first-order valence-corrected chi connectivity index (χ1v) is 6.55. The summed E-state index contributed by atoms with van der Waals surface area (Å²) >= 11 is 0. The van der Waals surface area contributed by atoms with Gasteiger partial charge in [0, 0.05) is 11.1 Å². The van der Waals surface area contributed by atoms with Crippen LogP contribution >= 0.6 is 0 Å². The maximum Gasteiger partial charge on any atom is 0.269 e.